The second kappa shape index (κ2) is 6.78. The zero-order chi connectivity index (χ0) is 19.0. The summed E-state index contributed by atoms with van der Waals surface area (Å²) in [6.45, 7) is 3.82. The van der Waals surface area contributed by atoms with Crippen molar-refractivity contribution >= 4 is 21.6 Å². The number of aryl methyl sites for hydroxylation is 1. The Labute approximate surface area is 157 Å². The molecule has 9 nitrogen and oxygen atoms in total. The van der Waals surface area contributed by atoms with Crippen LogP contribution in [0.5, 0.6) is 5.75 Å². The SMILES string of the molecule is COc1ccc(S(=O)(=O)N2CCN(c3cc(C)nc4ncnn34)CC2)cc1. The number of nitrogens with zero attached hydrogens (tertiary/aromatic N) is 6. The minimum Gasteiger partial charge on any atom is -0.497 e. The smallest absolute Gasteiger partial charge is 0.254 e. The summed E-state index contributed by atoms with van der Waals surface area (Å²) in [5.41, 5.74) is 0.846. The van der Waals surface area contributed by atoms with Crippen molar-refractivity contribution in [1.82, 2.24) is 23.9 Å². The van der Waals surface area contributed by atoms with E-state index in [0.29, 0.717) is 37.7 Å². The molecule has 0 aliphatic carbocycles. The molecular formula is C17H20N6O3S. The van der Waals surface area contributed by atoms with Crippen LogP contribution < -0.4 is 9.64 Å². The van der Waals surface area contributed by atoms with Crippen molar-refractivity contribution in [2.45, 2.75) is 11.8 Å². The van der Waals surface area contributed by atoms with E-state index < -0.39 is 10.0 Å². The zero-order valence-electron chi connectivity index (χ0n) is 15.1. The van der Waals surface area contributed by atoms with Gasteiger partial charge in [-0.3, -0.25) is 0 Å². The molecule has 0 bridgehead atoms. The summed E-state index contributed by atoms with van der Waals surface area (Å²) < 4.78 is 34.1. The third-order valence-electron chi connectivity index (χ3n) is 4.62. The summed E-state index contributed by atoms with van der Waals surface area (Å²) in [6.07, 6.45) is 1.47. The molecule has 1 aromatic carbocycles. The molecule has 0 spiro atoms. The first-order valence-corrected chi connectivity index (χ1v) is 9.99. The summed E-state index contributed by atoms with van der Waals surface area (Å²) in [5.74, 6) is 2.04. The molecule has 0 atom stereocenters. The molecule has 0 N–H and O–H groups in total. The quantitative estimate of drug-likeness (QED) is 0.657. The van der Waals surface area contributed by atoms with Crippen LogP contribution >= 0.6 is 0 Å². The molecule has 3 aromatic rings. The van der Waals surface area contributed by atoms with Crippen LogP contribution in [0.25, 0.3) is 5.78 Å². The Morgan fingerprint density at radius 3 is 2.44 bits per heavy atom. The molecule has 3 heterocycles. The van der Waals surface area contributed by atoms with E-state index in [1.54, 1.807) is 35.9 Å². The highest BCUT2D eigenvalue weighted by molar-refractivity contribution is 7.89. The average Bonchev–Trinajstić information content (AvgIpc) is 3.16. The molecule has 0 amide bonds. The molecular weight excluding hydrogens is 368 g/mol. The van der Waals surface area contributed by atoms with Crippen LogP contribution in [0.1, 0.15) is 5.69 Å². The van der Waals surface area contributed by atoms with Crippen molar-refractivity contribution in [2.24, 2.45) is 0 Å². The maximum absolute atomic E-state index is 12.9. The predicted molar refractivity (Wildman–Crippen MR) is 99.5 cm³/mol. The fraction of sp³-hybridized carbons (Fsp3) is 0.353. The summed E-state index contributed by atoms with van der Waals surface area (Å²) >= 11 is 0. The molecule has 10 heteroatoms. The van der Waals surface area contributed by atoms with E-state index in [4.69, 9.17) is 4.74 Å². The number of ether oxygens (including phenoxy) is 1. The van der Waals surface area contributed by atoms with Gasteiger partial charge < -0.3 is 9.64 Å². The van der Waals surface area contributed by atoms with Gasteiger partial charge in [-0.1, -0.05) is 0 Å². The lowest BCUT2D eigenvalue weighted by atomic mass is 10.3. The lowest BCUT2D eigenvalue weighted by Crippen LogP contribution is -2.49. The van der Waals surface area contributed by atoms with Gasteiger partial charge in [0.25, 0.3) is 5.78 Å². The van der Waals surface area contributed by atoms with Gasteiger partial charge in [-0.2, -0.15) is 18.9 Å². The van der Waals surface area contributed by atoms with Gasteiger partial charge in [-0.15, -0.1) is 0 Å². The van der Waals surface area contributed by atoms with E-state index in [1.807, 2.05) is 13.0 Å². The van der Waals surface area contributed by atoms with Crippen LogP contribution in [0.2, 0.25) is 0 Å². The summed E-state index contributed by atoms with van der Waals surface area (Å²) in [7, 11) is -1.98. The minimum absolute atomic E-state index is 0.273. The van der Waals surface area contributed by atoms with E-state index in [-0.39, 0.29) is 4.90 Å². The Morgan fingerprint density at radius 1 is 1.07 bits per heavy atom. The standard InChI is InChI=1S/C17H20N6O3S/c1-13-11-16(23-17(20-13)18-12-19-23)21-7-9-22(10-8-21)27(24,25)15-5-3-14(26-2)4-6-15/h3-6,11-12H,7-10H2,1-2H3. The number of rotatable bonds is 4. The van der Waals surface area contributed by atoms with Crippen LogP contribution in [0.3, 0.4) is 0 Å². The first-order chi connectivity index (χ1) is 13.0. The van der Waals surface area contributed by atoms with Crippen LogP contribution in [0, 0.1) is 6.92 Å². The van der Waals surface area contributed by atoms with Gasteiger partial charge in [0.2, 0.25) is 10.0 Å². The van der Waals surface area contributed by atoms with Crippen molar-refractivity contribution in [1.29, 1.82) is 0 Å². The number of anilines is 1. The highest BCUT2D eigenvalue weighted by Crippen LogP contribution is 2.23. The van der Waals surface area contributed by atoms with Gasteiger partial charge in [-0.25, -0.2) is 13.4 Å². The highest BCUT2D eigenvalue weighted by atomic mass is 32.2. The van der Waals surface area contributed by atoms with E-state index in [1.165, 1.54) is 10.6 Å². The monoisotopic (exact) mass is 388 g/mol. The van der Waals surface area contributed by atoms with Crippen molar-refractivity contribution in [3.63, 3.8) is 0 Å². The largest absolute Gasteiger partial charge is 0.497 e. The molecule has 1 fully saturated rings. The van der Waals surface area contributed by atoms with Gasteiger partial charge >= 0.3 is 0 Å². The normalized spacial score (nSPS) is 16.0. The zero-order valence-corrected chi connectivity index (χ0v) is 15.9. The average molecular weight is 388 g/mol. The Morgan fingerprint density at radius 2 is 1.78 bits per heavy atom. The Kier molecular flexibility index (Phi) is 4.44. The molecule has 27 heavy (non-hydrogen) atoms. The van der Waals surface area contributed by atoms with Crippen molar-refractivity contribution < 1.29 is 13.2 Å². The van der Waals surface area contributed by atoms with E-state index in [2.05, 4.69) is 20.0 Å². The predicted octanol–water partition coefficient (Wildman–Crippen LogP) is 0.952. The first-order valence-electron chi connectivity index (χ1n) is 8.55. The fourth-order valence-electron chi connectivity index (χ4n) is 3.19. The lowest BCUT2D eigenvalue weighted by Gasteiger charge is -2.35. The molecule has 1 saturated heterocycles. The number of aromatic nitrogens is 4. The van der Waals surface area contributed by atoms with E-state index >= 15 is 0 Å². The molecule has 0 saturated carbocycles. The summed E-state index contributed by atoms with van der Waals surface area (Å²) in [6, 6.07) is 8.40. The third-order valence-corrected chi connectivity index (χ3v) is 6.53. The van der Waals surface area contributed by atoms with Crippen LogP contribution in [0.15, 0.2) is 41.6 Å². The van der Waals surface area contributed by atoms with Crippen molar-refractivity contribution in [3.05, 3.63) is 42.4 Å². The number of hydrogen-bond acceptors (Lipinski definition) is 7. The van der Waals surface area contributed by atoms with Crippen LogP contribution in [-0.2, 0) is 10.0 Å². The lowest BCUT2D eigenvalue weighted by molar-refractivity contribution is 0.382. The van der Waals surface area contributed by atoms with E-state index in [0.717, 1.165) is 11.5 Å². The Hall–Kier alpha value is -2.72. The maximum Gasteiger partial charge on any atom is 0.254 e. The summed E-state index contributed by atoms with van der Waals surface area (Å²) in [4.78, 5) is 10.9. The molecule has 2 aromatic heterocycles. The maximum atomic E-state index is 12.9. The minimum atomic E-state index is -3.53. The van der Waals surface area contributed by atoms with Gasteiger partial charge in [0.05, 0.1) is 12.0 Å². The number of methoxy groups -OCH3 is 1. The highest BCUT2D eigenvalue weighted by Gasteiger charge is 2.29. The van der Waals surface area contributed by atoms with Crippen molar-refractivity contribution in [3.8, 4) is 5.75 Å². The van der Waals surface area contributed by atoms with Gasteiger partial charge in [0, 0.05) is 37.9 Å². The number of benzene rings is 1. The molecule has 0 unspecified atom stereocenters. The molecule has 4 rings (SSSR count). The fourth-order valence-corrected chi connectivity index (χ4v) is 4.61. The third kappa shape index (κ3) is 3.21. The topological polar surface area (TPSA) is 92.9 Å². The molecule has 142 valence electrons. The van der Waals surface area contributed by atoms with Gasteiger partial charge in [0.15, 0.2) is 0 Å². The number of fused-ring (bicyclic) bond motifs is 1. The van der Waals surface area contributed by atoms with Crippen LogP contribution in [-0.4, -0.2) is 65.6 Å². The molecule has 0 radical (unpaired) electrons. The summed E-state index contributed by atoms with van der Waals surface area (Å²) in [5, 5.41) is 4.22. The Balaban J connectivity index is 1.53. The first kappa shape index (κ1) is 17.7. The number of sulfonamides is 1. The Bertz CT molecular complexity index is 1060. The van der Waals surface area contributed by atoms with E-state index in [9.17, 15) is 8.42 Å². The molecule has 1 aliphatic rings. The van der Waals surface area contributed by atoms with Crippen LogP contribution in [0.4, 0.5) is 5.82 Å². The number of piperazine rings is 1. The second-order valence-corrected chi connectivity index (χ2v) is 8.23. The number of hydrogen-bond donors (Lipinski definition) is 0. The second-order valence-electron chi connectivity index (χ2n) is 6.29. The van der Waals surface area contributed by atoms with Gasteiger partial charge in [0.1, 0.15) is 17.9 Å². The van der Waals surface area contributed by atoms with Gasteiger partial charge in [-0.05, 0) is 31.2 Å². The molecule has 1 aliphatic heterocycles. The van der Waals surface area contributed by atoms with Crippen molar-refractivity contribution in [2.75, 3.05) is 38.2 Å².